The summed E-state index contributed by atoms with van der Waals surface area (Å²) in [5.41, 5.74) is 0.287. The predicted molar refractivity (Wildman–Crippen MR) is 73.0 cm³/mol. The molecule has 2 aromatic rings. The number of ether oxygens (including phenoxy) is 3. The van der Waals surface area contributed by atoms with Crippen LogP contribution in [-0.4, -0.2) is 24.5 Å². The maximum Gasteiger partial charge on any atom is 0.347 e. The maximum atomic E-state index is 11.8. The zero-order valence-corrected chi connectivity index (χ0v) is 12.3. The average Bonchev–Trinajstić information content (AvgIpc) is 3.02. The van der Waals surface area contributed by atoms with E-state index in [1.165, 1.54) is 6.07 Å². The monoisotopic (exact) mass is 306 g/mol. The summed E-state index contributed by atoms with van der Waals surface area (Å²) in [6, 6.07) is 1.47. The smallest absolute Gasteiger partial charge is 0.347 e. The molecule has 0 aliphatic carbocycles. The van der Waals surface area contributed by atoms with Gasteiger partial charge in [0.25, 0.3) is 0 Å². The Labute approximate surface area is 125 Å². The van der Waals surface area contributed by atoms with Crippen LogP contribution in [-0.2, 0) is 14.3 Å². The number of rotatable bonds is 4. The van der Waals surface area contributed by atoms with Crippen molar-refractivity contribution in [1.82, 2.24) is 0 Å². The fourth-order valence-electron chi connectivity index (χ4n) is 1.98. The van der Waals surface area contributed by atoms with E-state index in [9.17, 15) is 14.4 Å². The first-order valence-electron chi connectivity index (χ1n) is 6.76. The van der Waals surface area contributed by atoms with Crippen molar-refractivity contribution < 1.29 is 33.0 Å². The lowest BCUT2D eigenvalue weighted by Gasteiger charge is -2.16. The van der Waals surface area contributed by atoms with Gasteiger partial charge in [-0.3, -0.25) is 9.59 Å². The first kappa shape index (κ1) is 14.4. The summed E-state index contributed by atoms with van der Waals surface area (Å²) in [5, 5.41) is 0. The van der Waals surface area contributed by atoms with Crippen LogP contribution in [0, 0.1) is 5.41 Å². The number of carbonyl (C=O) groups is 3. The molecule has 0 amide bonds. The second kappa shape index (κ2) is 4.72. The lowest BCUT2D eigenvalue weighted by atomic mass is 9.97. The van der Waals surface area contributed by atoms with Gasteiger partial charge in [0.05, 0.1) is 11.8 Å². The number of fused-ring (bicyclic) bond motifs is 1. The maximum absolute atomic E-state index is 11.8. The standard InChI is InChI=1S/C15H14O7/c1-15(2,3)14(18)19-5-4-9(16)21-11-8-6-7-10(20-8)12(11)22-13(7)17/h6H,4-5H2,1-3H3. The van der Waals surface area contributed by atoms with Gasteiger partial charge in [-0.1, -0.05) is 0 Å². The molecule has 0 unspecified atom stereocenters. The van der Waals surface area contributed by atoms with Gasteiger partial charge in [-0.15, -0.1) is 0 Å². The van der Waals surface area contributed by atoms with Crippen LogP contribution >= 0.6 is 0 Å². The molecule has 3 rings (SSSR count). The molecule has 0 fully saturated rings. The molecule has 2 bridgehead atoms. The second-order valence-corrected chi connectivity index (χ2v) is 6.01. The van der Waals surface area contributed by atoms with Crippen LogP contribution in [0.4, 0.5) is 0 Å². The predicted octanol–water partition coefficient (Wildman–Crippen LogP) is 2.29. The number of hydrogen-bond acceptors (Lipinski definition) is 7. The van der Waals surface area contributed by atoms with Crippen molar-refractivity contribution in [3.05, 3.63) is 11.6 Å². The summed E-state index contributed by atoms with van der Waals surface area (Å²) in [6.07, 6.45) is -0.105. The van der Waals surface area contributed by atoms with Gasteiger partial charge in [0, 0.05) is 6.07 Å². The molecule has 0 atom stereocenters. The molecule has 2 aromatic heterocycles. The summed E-state index contributed by atoms with van der Waals surface area (Å²) in [6.45, 7) is 5.09. The highest BCUT2D eigenvalue weighted by molar-refractivity contribution is 6.10. The Kier molecular flexibility index (Phi) is 3.09. The summed E-state index contributed by atoms with van der Waals surface area (Å²) < 4.78 is 20.4. The zero-order chi connectivity index (χ0) is 16.1. The van der Waals surface area contributed by atoms with Gasteiger partial charge in [0.15, 0.2) is 11.2 Å². The highest BCUT2D eigenvalue weighted by Crippen LogP contribution is 2.49. The Bertz CT molecular complexity index is 762. The summed E-state index contributed by atoms with van der Waals surface area (Å²) in [5.74, 6) is -1.29. The fourth-order valence-corrected chi connectivity index (χ4v) is 1.98. The molecule has 22 heavy (non-hydrogen) atoms. The van der Waals surface area contributed by atoms with Crippen LogP contribution in [0.15, 0.2) is 10.5 Å². The Balaban J connectivity index is 1.57. The van der Waals surface area contributed by atoms with Gasteiger partial charge in [0.1, 0.15) is 12.2 Å². The Morgan fingerprint density at radius 1 is 1.27 bits per heavy atom. The molecule has 0 aromatic carbocycles. The highest BCUT2D eigenvalue weighted by atomic mass is 16.6. The number of carbonyl (C=O) groups excluding carboxylic acids is 3. The van der Waals surface area contributed by atoms with Crippen LogP contribution in [0.5, 0.6) is 11.5 Å². The molecule has 3 heterocycles. The molecule has 116 valence electrons. The Morgan fingerprint density at radius 3 is 2.68 bits per heavy atom. The summed E-state index contributed by atoms with van der Waals surface area (Å²) >= 11 is 0. The van der Waals surface area contributed by atoms with Gasteiger partial charge in [-0.2, -0.15) is 0 Å². The van der Waals surface area contributed by atoms with E-state index in [-0.39, 0.29) is 30.1 Å². The minimum atomic E-state index is -0.626. The van der Waals surface area contributed by atoms with E-state index in [1.807, 2.05) is 0 Å². The van der Waals surface area contributed by atoms with Gasteiger partial charge in [-0.25, -0.2) is 4.79 Å². The SMILES string of the molecule is CC(C)(C)C(=O)OCCC(=O)Oc1c2c3oc1cc3C(=O)O2. The van der Waals surface area contributed by atoms with Crippen LogP contribution in [0.25, 0.3) is 11.2 Å². The van der Waals surface area contributed by atoms with E-state index in [2.05, 4.69) is 0 Å². The second-order valence-electron chi connectivity index (χ2n) is 6.01. The fraction of sp³-hybridized carbons (Fsp3) is 0.400. The molecule has 1 aliphatic heterocycles. The van der Waals surface area contributed by atoms with Crippen molar-refractivity contribution in [2.24, 2.45) is 5.41 Å². The van der Waals surface area contributed by atoms with Gasteiger partial charge in [0.2, 0.25) is 11.5 Å². The minimum Gasteiger partial charge on any atom is -0.465 e. The topological polar surface area (TPSA) is 92.0 Å². The average molecular weight is 306 g/mol. The summed E-state index contributed by atoms with van der Waals surface area (Å²) in [7, 11) is 0. The van der Waals surface area contributed by atoms with Crippen LogP contribution < -0.4 is 9.47 Å². The lowest BCUT2D eigenvalue weighted by Crippen LogP contribution is -2.24. The first-order valence-corrected chi connectivity index (χ1v) is 6.76. The molecule has 0 N–H and O–H groups in total. The van der Waals surface area contributed by atoms with Gasteiger partial charge < -0.3 is 18.6 Å². The third kappa shape index (κ3) is 2.28. The molecule has 0 saturated heterocycles. The Morgan fingerprint density at radius 2 is 2.00 bits per heavy atom. The van der Waals surface area contributed by atoms with E-state index >= 15 is 0 Å². The third-order valence-corrected chi connectivity index (χ3v) is 3.15. The first-order chi connectivity index (χ1) is 10.3. The zero-order valence-electron chi connectivity index (χ0n) is 12.3. The largest absolute Gasteiger partial charge is 0.465 e. The van der Waals surface area contributed by atoms with E-state index < -0.39 is 23.3 Å². The molecule has 0 saturated carbocycles. The van der Waals surface area contributed by atoms with Crippen molar-refractivity contribution in [2.75, 3.05) is 6.61 Å². The number of furan rings is 2. The molecule has 1 aliphatic rings. The molecule has 7 heteroatoms. The van der Waals surface area contributed by atoms with Crippen LogP contribution in [0.2, 0.25) is 0 Å². The van der Waals surface area contributed by atoms with Crippen LogP contribution in [0.3, 0.4) is 0 Å². The lowest BCUT2D eigenvalue weighted by molar-refractivity contribution is -0.154. The highest BCUT2D eigenvalue weighted by Gasteiger charge is 2.36. The van der Waals surface area contributed by atoms with E-state index in [1.54, 1.807) is 20.8 Å². The molecule has 0 spiro atoms. The number of esters is 3. The number of hydrogen-bond donors (Lipinski definition) is 0. The molecule has 7 nitrogen and oxygen atoms in total. The van der Waals surface area contributed by atoms with Crippen molar-refractivity contribution in [1.29, 1.82) is 0 Å². The van der Waals surface area contributed by atoms with Crippen LogP contribution in [0.1, 0.15) is 37.6 Å². The van der Waals surface area contributed by atoms with E-state index in [0.29, 0.717) is 11.1 Å². The molecule has 0 radical (unpaired) electrons. The van der Waals surface area contributed by atoms with Crippen molar-refractivity contribution in [2.45, 2.75) is 27.2 Å². The molecular weight excluding hydrogens is 292 g/mol. The quantitative estimate of drug-likeness (QED) is 0.632. The summed E-state index contributed by atoms with van der Waals surface area (Å²) in [4.78, 5) is 34.8. The Hall–Kier alpha value is -2.57. The van der Waals surface area contributed by atoms with Crippen molar-refractivity contribution >= 4 is 29.1 Å². The van der Waals surface area contributed by atoms with Crippen molar-refractivity contribution in [3.8, 4) is 11.5 Å². The van der Waals surface area contributed by atoms with Gasteiger partial charge >= 0.3 is 17.9 Å². The third-order valence-electron chi connectivity index (χ3n) is 3.15. The van der Waals surface area contributed by atoms with Gasteiger partial charge in [-0.05, 0) is 20.8 Å². The number of benzene rings is 1. The minimum absolute atomic E-state index is 0.0782. The molecular formula is C15H14O7. The normalized spacial score (nSPS) is 13.5. The van der Waals surface area contributed by atoms with E-state index in [0.717, 1.165) is 0 Å². The van der Waals surface area contributed by atoms with Crippen molar-refractivity contribution in [3.63, 3.8) is 0 Å². The van der Waals surface area contributed by atoms with E-state index in [4.69, 9.17) is 18.6 Å².